The number of nitrogens with one attached hydrogen (secondary N) is 1. The molecule has 90 valence electrons. The van der Waals surface area contributed by atoms with Crippen molar-refractivity contribution < 1.29 is 9.13 Å². The van der Waals surface area contributed by atoms with Gasteiger partial charge in [0.15, 0.2) is 0 Å². The van der Waals surface area contributed by atoms with Crippen molar-refractivity contribution >= 4 is 11.6 Å². The van der Waals surface area contributed by atoms with E-state index >= 15 is 0 Å². The molecule has 1 aromatic carbocycles. The van der Waals surface area contributed by atoms with Crippen LogP contribution in [0.25, 0.3) is 0 Å². The summed E-state index contributed by atoms with van der Waals surface area (Å²) in [5.74, 6) is -0.387. The number of halogens is 2. The van der Waals surface area contributed by atoms with Crippen LogP contribution in [-0.2, 0) is 11.3 Å². The fraction of sp³-hybridized carbons (Fsp3) is 0.500. The average molecular weight is 246 g/mol. The molecular weight excluding hydrogens is 229 g/mol. The Hall–Kier alpha value is -0.640. The molecule has 0 aliphatic heterocycles. The molecule has 1 rings (SSSR count). The van der Waals surface area contributed by atoms with Crippen molar-refractivity contribution in [2.45, 2.75) is 25.9 Å². The van der Waals surface area contributed by atoms with Crippen molar-refractivity contribution in [2.75, 3.05) is 13.7 Å². The van der Waals surface area contributed by atoms with Gasteiger partial charge >= 0.3 is 0 Å². The van der Waals surface area contributed by atoms with E-state index in [9.17, 15) is 4.39 Å². The van der Waals surface area contributed by atoms with Gasteiger partial charge in [-0.2, -0.15) is 0 Å². The zero-order valence-electron chi connectivity index (χ0n) is 9.81. The number of methoxy groups -OCH3 is 1. The van der Waals surface area contributed by atoms with E-state index in [4.69, 9.17) is 16.3 Å². The van der Waals surface area contributed by atoms with Crippen molar-refractivity contribution in [2.24, 2.45) is 0 Å². The quantitative estimate of drug-likeness (QED) is 0.861. The van der Waals surface area contributed by atoms with Gasteiger partial charge in [-0.25, -0.2) is 4.39 Å². The number of hydrogen-bond donors (Lipinski definition) is 1. The van der Waals surface area contributed by atoms with Crippen LogP contribution in [0.3, 0.4) is 0 Å². The van der Waals surface area contributed by atoms with Gasteiger partial charge in [-0.05, 0) is 31.5 Å². The van der Waals surface area contributed by atoms with Gasteiger partial charge in [0.1, 0.15) is 5.82 Å². The average Bonchev–Trinajstić information content (AvgIpc) is 2.20. The lowest BCUT2D eigenvalue weighted by atomic mass is 10.1. The van der Waals surface area contributed by atoms with Gasteiger partial charge in [-0.3, -0.25) is 0 Å². The van der Waals surface area contributed by atoms with E-state index in [1.807, 2.05) is 13.8 Å². The van der Waals surface area contributed by atoms with E-state index in [0.29, 0.717) is 13.2 Å². The Kier molecular flexibility index (Phi) is 4.71. The van der Waals surface area contributed by atoms with Crippen LogP contribution >= 0.6 is 11.6 Å². The highest BCUT2D eigenvalue weighted by molar-refractivity contribution is 6.30. The molecule has 0 spiro atoms. The highest BCUT2D eigenvalue weighted by Gasteiger charge is 2.16. The molecule has 0 unspecified atom stereocenters. The molecule has 1 N–H and O–H groups in total. The Morgan fingerprint density at radius 1 is 1.44 bits per heavy atom. The van der Waals surface area contributed by atoms with Gasteiger partial charge in [-0.1, -0.05) is 17.7 Å². The van der Waals surface area contributed by atoms with Crippen molar-refractivity contribution in [1.29, 1.82) is 0 Å². The van der Waals surface area contributed by atoms with Gasteiger partial charge in [0.25, 0.3) is 0 Å². The second kappa shape index (κ2) is 5.62. The molecule has 0 aliphatic carbocycles. The normalized spacial score (nSPS) is 11.8. The smallest absolute Gasteiger partial charge is 0.141 e. The van der Waals surface area contributed by atoms with Crippen LogP contribution in [0.2, 0.25) is 5.02 Å². The highest BCUT2D eigenvalue weighted by Crippen LogP contribution is 2.16. The Balaban J connectivity index is 2.57. The van der Waals surface area contributed by atoms with Crippen LogP contribution < -0.4 is 5.32 Å². The molecule has 2 nitrogen and oxygen atoms in total. The molecule has 0 radical (unpaired) electrons. The second-order valence-electron chi connectivity index (χ2n) is 4.42. The van der Waals surface area contributed by atoms with Crippen LogP contribution in [0, 0.1) is 5.82 Å². The van der Waals surface area contributed by atoms with Crippen molar-refractivity contribution in [3.05, 3.63) is 34.6 Å². The number of benzene rings is 1. The molecule has 0 atom stereocenters. The second-order valence-corrected chi connectivity index (χ2v) is 4.83. The van der Waals surface area contributed by atoms with E-state index in [-0.39, 0.29) is 16.4 Å². The third kappa shape index (κ3) is 4.08. The molecule has 1 aromatic rings. The summed E-state index contributed by atoms with van der Waals surface area (Å²) in [4.78, 5) is 0. The first kappa shape index (κ1) is 13.4. The predicted octanol–water partition coefficient (Wildman–Crippen LogP) is 2.99. The standard InChI is InChI=1S/C12H17ClFNO/c1-12(2,8-16-3)15-7-9-4-5-11(14)10(13)6-9/h4-6,15H,7-8H2,1-3H3. The molecule has 0 amide bonds. The summed E-state index contributed by atoms with van der Waals surface area (Å²) in [5.41, 5.74) is 0.839. The zero-order valence-corrected chi connectivity index (χ0v) is 10.6. The van der Waals surface area contributed by atoms with Crippen LogP contribution in [-0.4, -0.2) is 19.3 Å². The van der Waals surface area contributed by atoms with Crippen LogP contribution in [0.1, 0.15) is 19.4 Å². The summed E-state index contributed by atoms with van der Waals surface area (Å²) in [7, 11) is 1.66. The summed E-state index contributed by atoms with van der Waals surface area (Å²) < 4.78 is 18.0. The summed E-state index contributed by atoms with van der Waals surface area (Å²) in [5, 5.41) is 3.47. The molecule has 4 heteroatoms. The predicted molar refractivity (Wildman–Crippen MR) is 64.2 cm³/mol. The number of ether oxygens (including phenoxy) is 1. The Bertz CT molecular complexity index is 355. The van der Waals surface area contributed by atoms with Crippen LogP contribution in [0.15, 0.2) is 18.2 Å². The van der Waals surface area contributed by atoms with E-state index < -0.39 is 0 Å². The minimum absolute atomic E-state index is 0.115. The number of rotatable bonds is 5. The SMILES string of the molecule is COCC(C)(C)NCc1ccc(F)c(Cl)c1. The van der Waals surface area contributed by atoms with E-state index in [1.165, 1.54) is 6.07 Å². The molecule has 0 fully saturated rings. The van der Waals surface area contributed by atoms with Crippen molar-refractivity contribution in [3.8, 4) is 0 Å². The van der Waals surface area contributed by atoms with E-state index in [2.05, 4.69) is 5.32 Å². The summed E-state index contributed by atoms with van der Waals surface area (Å²) in [6, 6.07) is 4.73. The Morgan fingerprint density at radius 2 is 2.12 bits per heavy atom. The first-order chi connectivity index (χ1) is 7.44. The first-order valence-corrected chi connectivity index (χ1v) is 5.50. The first-order valence-electron chi connectivity index (χ1n) is 5.12. The molecular formula is C12H17ClFNO. The van der Waals surface area contributed by atoms with Crippen molar-refractivity contribution in [1.82, 2.24) is 5.32 Å². The molecule has 16 heavy (non-hydrogen) atoms. The van der Waals surface area contributed by atoms with Gasteiger partial charge in [0.2, 0.25) is 0 Å². The fourth-order valence-corrected chi connectivity index (χ4v) is 1.61. The van der Waals surface area contributed by atoms with Crippen LogP contribution in [0.5, 0.6) is 0 Å². The Morgan fingerprint density at radius 3 is 2.69 bits per heavy atom. The summed E-state index contributed by atoms with van der Waals surface area (Å²) in [6.45, 7) is 5.33. The molecule has 0 aliphatic rings. The lowest BCUT2D eigenvalue weighted by molar-refractivity contribution is 0.128. The maximum atomic E-state index is 12.9. The van der Waals surface area contributed by atoms with Crippen molar-refractivity contribution in [3.63, 3.8) is 0 Å². The summed E-state index contributed by atoms with van der Waals surface area (Å²) >= 11 is 5.70. The zero-order chi connectivity index (χ0) is 12.2. The highest BCUT2D eigenvalue weighted by atomic mass is 35.5. The molecule has 0 saturated heterocycles. The fourth-order valence-electron chi connectivity index (χ4n) is 1.40. The molecule has 0 bridgehead atoms. The van der Waals surface area contributed by atoms with E-state index in [0.717, 1.165) is 5.56 Å². The largest absolute Gasteiger partial charge is 0.383 e. The third-order valence-electron chi connectivity index (χ3n) is 2.26. The lowest BCUT2D eigenvalue weighted by Gasteiger charge is -2.25. The number of hydrogen-bond acceptors (Lipinski definition) is 2. The van der Waals surface area contributed by atoms with Gasteiger partial charge in [-0.15, -0.1) is 0 Å². The minimum atomic E-state index is -0.387. The minimum Gasteiger partial charge on any atom is -0.383 e. The maximum absolute atomic E-state index is 12.9. The topological polar surface area (TPSA) is 21.3 Å². The lowest BCUT2D eigenvalue weighted by Crippen LogP contribution is -2.42. The third-order valence-corrected chi connectivity index (χ3v) is 2.55. The molecule has 0 aromatic heterocycles. The summed E-state index contributed by atoms with van der Waals surface area (Å²) in [6.07, 6.45) is 0. The monoisotopic (exact) mass is 245 g/mol. The molecule has 0 heterocycles. The van der Waals surface area contributed by atoms with E-state index in [1.54, 1.807) is 19.2 Å². The van der Waals surface area contributed by atoms with Crippen LogP contribution in [0.4, 0.5) is 4.39 Å². The Labute approximate surface area is 101 Å². The van der Waals surface area contributed by atoms with Gasteiger partial charge in [0, 0.05) is 19.2 Å². The molecule has 0 saturated carbocycles. The van der Waals surface area contributed by atoms with Gasteiger partial charge < -0.3 is 10.1 Å². The van der Waals surface area contributed by atoms with Gasteiger partial charge in [0.05, 0.1) is 11.6 Å². The maximum Gasteiger partial charge on any atom is 0.141 e.